The molecule has 2 unspecified atom stereocenters. The van der Waals surface area contributed by atoms with Gasteiger partial charge in [0.1, 0.15) is 17.4 Å². The topological polar surface area (TPSA) is 89.6 Å². The fourth-order valence-corrected chi connectivity index (χ4v) is 4.82. The fourth-order valence-electron chi connectivity index (χ4n) is 4.82. The summed E-state index contributed by atoms with van der Waals surface area (Å²) >= 11 is 0. The summed E-state index contributed by atoms with van der Waals surface area (Å²) in [6.07, 6.45) is 4.78. The summed E-state index contributed by atoms with van der Waals surface area (Å²) in [6.45, 7) is 11.4. The summed E-state index contributed by atoms with van der Waals surface area (Å²) < 4.78 is 11.5. The van der Waals surface area contributed by atoms with Crippen molar-refractivity contribution in [2.75, 3.05) is 0 Å². The summed E-state index contributed by atoms with van der Waals surface area (Å²) in [6, 6.07) is 5.71. The summed E-state index contributed by atoms with van der Waals surface area (Å²) in [5.41, 5.74) is 2.82. The van der Waals surface area contributed by atoms with Crippen LogP contribution in [0.25, 0.3) is 11.1 Å². The van der Waals surface area contributed by atoms with Gasteiger partial charge in [-0.2, -0.15) is 0 Å². The van der Waals surface area contributed by atoms with Gasteiger partial charge >= 0.3 is 5.97 Å². The summed E-state index contributed by atoms with van der Waals surface area (Å²) in [4.78, 5) is 30.4. The number of hydrogen-bond acceptors (Lipinski definition) is 6. The molecule has 1 aromatic carbocycles. The normalized spacial score (nSPS) is 29.4. The molecule has 0 radical (unpaired) electrons. The first-order chi connectivity index (χ1) is 16.0. The predicted molar refractivity (Wildman–Crippen MR) is 132 cm³/mol. The highest BCUT2D eigenvalue weighted by Crippen LogP contribution is 2.33. The monoisotopic (exact) mass is 469 g/mol. The number of oxazole rings is 1. The standard InChI is InChI=1S/C28H39NO5/c1-17-8-7-9-18(2)26(31)19(3)27(32)28(5,6)15-14-25(30)34-23(12-10-17)21-11-13-24-22(16-21)29-20(4)33-24/h10-11,13,16,18-19,23,26,31H,7-9,12,14-15H2,1-6H3/b17-10-/t18-,19+,23?,26?/m0/s1. The lowest BCUT2D eigenvalue weighted by atomic mass is 9.74. The Hall–Kier alpha value is -2.47. The number of aliphatic hydroxyl groups excluding tert-OH is 1. The van der Waals surface area contributed by atoms with Gasteiger partial charge in [0.05, 0.1) is 6.10 Å². The summed E-state index contributed by atoms with van der Waals surface area (Å²) in [5.74, 6) is -0.187. The van der Waals surface area contributed by atoms with Crippen molar-refractivity contribution in [1.29, 1.82) is 0 Å². The second-order valence-electron chi connectivity index (χ2n) is 10.6. The Kier molecular flexibility index (Phi) is 8.34. The number of cyclic esters (lactones) is 1. The number of hydrogen-bond donors (Lipinski definition) is 1. The number of carbonyl (C=O) groups excluding carboxylic acids is 2. The van der Waals surface area contributed by atoms with Gasteiger partial charge in [-0.25, -0.2) is 4.98 Å². The first-order valence-corrected chi connectivity index (χ1v) is 12.4. The maximum Gasteiger partial charge on any atom is 0.306 e. The number of aromatic nitrogens is 1. The maximum absolute atomic E-state index is 13.1. The van der Waals surface area contributed by atoms with Crippen molar-refractivity contribution in [2.24, 2.45) is 17.3 Å². The molecule has 0 saturated heterocycles. The first-order valence-electron chi connectivity index (χ1n) is 12.4. The van der Waals surface area contributed by atoms with Crippen LogP contribution in [-0.4, -0.2) is 27.9 Å². The van der Waals surface area contributed by atoms with Crippen LogP contribution in [0, 0.1) is 24.2 Å². The fraction of sp³-hybridized carbons (Fsp3) is 0.607. The van der Waals surface area contributed by atoms with Crippen molar-refractivity contribution in [1.82, 2.24) is 4.98 Å². The third kappa shape index (κ3) is 6.35. The zero-order valence-corrected chi connectivity index (χ0v) is 21.4. The lowest BCUT2D eigenvalue weighted by molar-refractivity contribution is -0.150. The molecule has 1 N–H and O–H groups in total. The Morgan fingerprint density at radius 3 is 2.59 bits per heavy atom. The van der Waals surface area contributed by atoms with Crippen molar-refractivity contribution >= 4 is 22.9 Å². The van der Waals surface area contributed by atoms with Crippen LogP contribution in [0.2, 0.25) is 0 Å². The predicted octanol–water partition coefficient (Wildman–Crippen LogP) is 6.25. The van der Waals surface area contributed by atoms with Crippen LogP contribution in [0.4, 0.5) is 0 Å². The molecule has 0 fully saturated rings. The SMILES string of the molecule is C/C1=C/CC(c2ccc3oc(C)nc3c2)OC(=O)CCC(C)(C)C(=O)[C@H](C)C(O)[C@@H](C)CCC1. The van der Waals surface area contributed by atoms with E-state index in [0.29, 0.717) is 24.3 Å². The highest BCUT2D eigenvalue weighted by molar-refractivity contribution is 5.87. The Balaban J connectivity index is 1.87. The summed E-state index contributed by atoms with van der Waals surface area (Å²) in [5, 5.41) is 10.8. The number of carbonyl (C=O) groups is 2. The van der Waals surface area contributed by atoms with Gasteiger partial charge in [-0.1, -0.05) is 45.4 Å². The molecule has 1 aliphatic rings. The number of ether oxygens (including phenoxy) is 1. The van der Waals surface area contributed by atoms with E-state index >= 15 is 0 Å². The van der Waals surface area contributed by atoms with E-state index in [9.17, 15) is 14.7 Å². The van der Waals surface area contributed by atoms with Crippen molar-refractivity contribution in [3.05, 3.63) is 41.3 Å². The number of fused-ring (bicyclic) bond motifs is 1. The Morgan fingerprint density at radius 2 is 1.85 bits per heavy atom. The molecule has 0 spiro atoms. The van der Waals surface area contributed by atoms with Gasteiger partial charge in [0.25, 0.3) is 0 Å². The van der Waals surface area contributed by atoms with Crippen LogP contribution < -0.4 is 0 Å². The van der Waals surface area contributed by atoms with Gasteiger partial charge in [-0.05, 0) is 56.2 Å². The van der Waals surface area contributed by atoms with Crippen LogP contribution in [0.15, 0.2) is 34.3 Å². The molecular formula is C28H39NO5. The average molecular weight is 470 g/mol. The number of nitrogens with zero attached hydrogens (tertiary/aromatic N) is 1. The largest absolute Gasteiger partial charge is 0.457 e. The number of benzene rings is 1. The number of rotatable bonds is 1. The van der Waals surface area contributed by atoms with Gasteiger partial charge < -0.3 is 14.3 Å². The number of Topliss-reactive ketones (excluding diaryl/α,β-unsaturated/α-hetero) is 1. The molecule has 0 amide bonds. The van der Waals surface area contributed by atoms with Gasteiger partial charge in [0, 0.05) is 31.1 Å². The third-order valence-electron chi connectivity index (χ3n) is 7.21. The lowest BCUT2D eigenvalue weighted by Gasteiger charge is -2.31. The molecule has 1 aliphatic heterocycles. The minimum atomic E-state index is -0.723. The molecule has 0 saturated carbocycles. The van der Waals surface area contributed by atoms with Crippen molar-refractivity contribution < 1.29 is 23.8 Å². The number of ketones is 1. The van der Waals surface area contributed by atoms with Crippen LogP contribution >= 0.6 is 0 Å². The number of aliphatic hydroxyl groups is 1. The van der Waals surface area contributed by atoms with Gasteiger partial charge in [-0.3, -0.25) is 9.59 Å². The number of esters is 1. The number of allylic oxidation sites excluding steroid dienone is 1. The van der Waals surface area contributed by atoms with E-state index in [2.05, 4.69) is 18.0 Å². The second-order valence-corrected chi connectivity index (χ2v) is 10.6. The van der Waals surface area contributed by atoms with E-state index in [-0.39, 0.29) is 24.1 Å². The zero-order chi connectivity index (χ0) is 25.0. The molecule has 0 bridgehead atoms. The third-order valence-corrected chi connectivity index (χ3v) is 7.21. The molecule has 4 atom stereocenters. The molecule has 1 aromatic heterocycles. The van der Waals surface area contributed by atoms with E-state index in [0.717, 1.165) is 30.3 Å². The number of aryl methyl sites for hydroxylation is 1. The van der Waals surface area contributed by atoms with Crippen LogP contribution in [0.3, 0.4) is 0 Å². The Labute approximate surface area is 202 Å². The van der Waals surface area contributed by atoms with E-state index < -0.39 is 23.5 Å². The molecule has 34 heavy (non-hydrogen) atoms. The minimum absolute atomic E-state index is 0.00813. The van der Waals surface area contributed by atoms with Crippen LogP contribution in [0.1, 0.15) is 90.7 Å². The first kappa shape index (κ1) is 26.1. The quantitative estimate of drug-likeness (QED) is 0.392. The lowest BCUT2D eigenvalue weighted by Crippen LogP contribution is -2.39. The molecule has 2 aromatic rings. The van der Waals surface area contributed by atoms with Crippen LogP contribution in [0.5, 0.6) is 0 Å². The zero-order valence-electron chi connectivity index (χ0n) is 21.4. The van der Waals surface area contributed by atoms with Crippen molar-refractivity contribution in [3.8, 4) is 0 Å². The smallest absolute Gasteiger partial charge is 0.306 e. The Morgan fingerprint density at radius 1 is 1.12 bits per heavy atom. The van der Waals surface area contributed by atoms with Gasteiger partial charge in [0.15, 0.2) is 11.5 Å². The van der Waals surface area contributed by atoms with E-state index in [1.54, 1.807) is 6.92 Å². The highest BCUT2D eigenvalue weighted by Gasteiger charge is 2.37. The van der Waals surface area contributed by atoms with Crippen molar-refractivity contribution in [2.45, 2.75) is 92.3 Å². The second kappa shape index (κ2) is 10.9. The average Bonchev–Trinajstić information content (AvgIpc) is 3.17. The Bertz CT molecular complexity index is 1050. The van der Waals surface area contributed by atoms with Crippen LogP contribution in [-0.2, 0) is 14.3 Å². The maximum atomic E-state index is 13.1. The molecule has 6 heteroatoms. The molecule has 3 rings (SSSR count). The van der Waals surface area contributed by atoms with E-state index in [4.69, 9.17) is 9.15 Å². The molecule has 186 valence electrons. The van der Waals surface area contributed by atoms with Gasteiger partial charge in [-0.15, -0.1) is 0 Å². The molecule has 6 nitrogen and oxygen atoms in total. The minimum Gasteiger partial charge on any atom is -0.457 e. The highest BCUT2D eigenvalue weighted by atomic mass is 16.5. The van der Waals surface area contributed by atoms with Gasteiger partial charge in [0.2, 0.25) is 0 Å². The summed E-state index contributed by atoms with van der Waals surface area (Å²) in [7, 11) is 0. The molecule has 2 heterocycles. The van der Waals surface area contributed by atoms with E-state index in [1.807, 2.05) is 45.9 Å². The molecular weight excluding hydrogens is 430 g/mol. The van der Waals surface area contributed by atoms with E-state index in [1.165, 1.54) is 5.57 Å². The van der Waals surface area contributed by atoms with Crippen molar-refractivity contribution in [3.63, 3.8) is 0 Å². The molecule has 0 aliphatic carbocycles.